The lowest BCUT2D eigenvalue weighted by atomic mass is 9.87. The lowest BCUT2D eigenvalue weighted by Gasteiger charge is -2.28. The van der Waals surface area contributed by atoms with Crippen molar-refractivity contribution in [1.29, 1.82) is 0 Å². The van der Waals surface area contributed by atoms with E-state index in [9.17, 15) is 24.9 Å². The van der Waals surface area contributed by atoms with Gasteiger partial charge < -0.3 is 34.7 Å². The fourth-order valence-electron chi connectivity index (χ4n) is 3.99. The van der Waals surface area contributed by atoms with Crippen molar-refractivity contribution in [2.45, 2.75) is 12.3 Å². The Morgan fingerprint density at radius 1 is 1.19 bits per heavy atom. The number of aromatic carboxylic acids is 1. The lowest BCUT2D eigenvalue weighted by Crippen LogP contribution is -2.26. The summed E-state index contributed by atoms with van der Waals surface area (Å²) in [6, 6.07) is 8.27. The molecule has 4 N–H and O–H groups in total. The molecular weight excluding hydrogens is 440 g/mol. The molecule has 2 heterocycles. The number of nitrogens with one attached hydrogen (secondary N) is 1. The zero-order valence-electron chi connectivity index (χ0n) is 17.0. The molecule has 10 heteroatoms. The first kappa shape index (κ1) is 21.4. The van der Waals surface area contributed by atoms with Gasteiger partial charge in [-0.3, -0.25) is 4.79 Å². The highest BCUT2D eigenvalue weighted by Gasteiger charge is 2.37. The molecule has 0 saturated heterocycles. The molecule has 1 atom stereocenters. The van der Waals surface area contributed by atoms with E-state index >= 15 is 0 Å². The summed E-state index contributed by atoms with van der Waals surface area (Å²) in [5, 5.41) is 33.5. The summed E-state index contributed by atoms with van der Waals surface area (Å²) in [5.41, 5.74) is 1.40. The number of ether oxygens (including phenoxy) is 2. The van der Waals surface area contributed by atoms with Crippen molar-refractivity contribution in [3.8, 4) is 28.7 Å². The highest BCUT2D eigenvalue weighted by molar-refractivity contribution is 6.30. The fourth-order valence-corrected chi connectivity index (χ4v) is 4.18. The number of methoxy groups -OCH3 is 2. The third-order valence-corrected chi connectivity index (χ3v) is 5.60. The van der Waals surface area contributed by atoms with Crippen LogP contribution >= 0.6 is 11.6 Å². The molecule has 0 fully saturated rings. The number of amides is 1. The van der Waals surface area contributed by atoms with Crippen LogP contribution in [0.25, 0.3) is 5.69 Å². The van der Waals surface area contributed by atoms with Crippen molar-refractivity contribution < 1.29 is 34.4 Å². The molecule has 4 rings (SSSR count). The Morgan fingerprint density at radius 3 is 2.56 bits per heavy atom. The number of halogens is 1. The number of aromatic hydroxyl groups is 2. The summed E-state index contributed by atoms with van der Waals surface area (Å²) in [5.74, 6) is -3.50. The maximum absolute atomic E-state index is 12.6. The summed E-state index contributed by atoms with van der Waals surface area (Å²) < 4.78 is 12.1. The Hall–Kier alpha value is -3.85. The number of anilines is 1. The van der Waals surface area contributed by atoms with E-state index in [1.807, 2.05) is 0 Å². The van der Waals surface area contributed by atoms with Gasteiger partial charge in [0.15, 0.2) is 11.5 Å². The maximum atomic E-state index is 12.6. The van der Waals surface area contributed by atoms with Gasteiger partial charge in [-0.25, -0.2) is 4.79 Å². The molecule has 1 amide bonds. The number of phenols is 2. The van der Waals surface area contributed by atoms with Crippen LogP contribution in [0.5, 0.6) is 23.0 Å². The molecule has 0 saturated carbocycles. The minimum atomic E-state index is -1.22. The van der Waals surface area contributed by atoms with Crippen molar-refractivity contribution in [2.24, 2.45) is 0 Å². The molecule has 1 aliphatic rings. The quantitative estimate of drug-likeness (QED) is 0.428. The molecule has 0 spiro atoms. The summed E-state index contributed by atoms with van der Waals surface area (Å²) in [6.45, 7) is 0. The van der Waals surface area contributed by atoms with Crippen molar-refractivity contribution in [3.63, 3.8) is 0 Å². The van der Waals surface area contributed by atoms with Gasteiger partial charge in [-0.05, 0) is 24.3 Å². The zero-order chi connectivity index (χ0) is 23.2. The van der Waals surface area contributed by atoms with Crippen molar-refractivity contribution in [2.75, 3.05) is 19.5 Å². The van der Waals surface area contributed by atoms with Crippen molar-refractivity contribution in [1.82, 2.24) is 4.57 Å². The average Bonchev–Trinajstić information content (AvgIpc) is 3.14. The smallest absolute Gasteiger partial charge is 0.339 e. The maximum Gasteiger partial charge on any atom is 0.339 e. The number of carbonyl (C=O) groups excluding carboxylic acids is 1. The van der Waals surface area contributed by atoms with Crippen LogP contribution in [0.2, 0.25) is 5.02 Å². The number of hydrogen-bond acceptors (Lipinski definition) is 6. The average molecular weight is 459 g/mol. The standard InChI is InChI=1S/C22H19ClN2O7/c1-31-15-7-13(21(32-2)20(28)19(15)27)12-8-16(26)24-17-14(22(29)30)9-25(18(12)17)11-5-3-4-10(23)6-11/h3-7,9,12,27-28H,8H2,1-2H3,(H,24,26)(H,29,30)/t12-/m1/s1. The molecule has 3 aromatic rings. The summed E-state index contributed by atoms with van der Waals surface area (Å²) in [7, 11) is 2.63. The topological polar surface area (TPSA) is 130 Å². The van der Waals surface area contributed by atoms with E-state index in [1.165, 1.54) is 26.5 Å². The predicted octanol–water partition coefficient (Wildman–Crippen LogP) is 3.73. The predicted molar refractivity (Wildman–Crippen MR) is 116 cm³/mol. The first-order valence-corrected chi connectivity index (χ1v) is 9.85. The Balaban J connectivity index is 2.05. The van der Waals surface area contributed by atoms with E-state index < -0.39 is 29.3 Å². The minimum absolute atomic E-state index is 0.0230. The SMILES string of the molecule is COc1cc([C@H]2CC(=O)Nc3c(C(=O)O)cn(-c4cccc(Cl)c4)c32)c(OC)c(O)c1O. The van der Waals surface area contributed by atoms with Crippen molar-refractivity contribution >= 4 is 29.2 Å². The first-order valence-electron chi connectivity index (χ1n) is 9.47. The Kier molecular flexibility index (Phi) is 5.35. The van der Waals surface area contributed by atoms with E-state index in [0.717, 1.165) is 0 Å². The fraction of sp³-hybridized carbons (Fsp3) is 0.182. The lowest BCUT2D eigenvalue weighted by molar-refractivity contribution is -0.116. The Labute approximate surface area is 187 Å². The highest BCUT2D eigenvalue weighted by Crippen LogP contribution is 2.51. The van der Waals surface area contributed by atoms with E-state index in [0.29, 0.717) is 22.0 Å². The molecule has 0 radical (unpaired) electrons. The molecule has 1 aliphatic heterocycles. The number of hydrogen-bond donors (Lipinski definition) is 4. The monoisotopic (exact) mass is 458 g/mol. The molecule has 0 bridgehead atoms. The molecule has 2 aromatic carbocycles. The van der Waals surface area contributed by atoms with Gasteiger partial charge in [-0.15, -0.1) is 0 Å². The first-order chi connectivity index (χ1) is 15.3. The van der Waals surface area contributed by atoms with Crippen LogP contribution in [0.4, 0.5) is 5.69 Å². The molecule has 1 aromatic heterocycles. The van der Waals surface area contributed by atoms with Crippen molar-refractivity contribution in [3.05, 3.63) is 58.4 Å². The Morgan fingerprint density at radius 2 is 1.94 bits per heavy atom. The van der Waals surface area contributed by atoms with Crippen LogP contribution in [0.1, 0.15) is 34.0 Å². The van der Waals surface area contributed by atoms with Gasteiger partial charge in [-0.2, -0.15) is 0 Å². The molecule has 9 nitrogen and oxygen atoms in total. The Bertz CT molecular complexity index is 1250. The van der Waals surface area contributed by atoms with E-state index in [4.69, 9.17) is 21.1 Å². The van der Waals surface area contributed by atoms with Gasteiger partial charge in [-0.1, -0.05) is 17.7 Å². The van der Waals surface area contributed by atoms with Crippen LogP contribution in [0.3, 0.4) is 0 Å². The zero-order valence-corrected chi connectivity index (χ0v) is 17.8. The number of phenolic OH excluding ortho intramolecular Hbond substituents is 2. The molecule has 166 valence electrons. The largest absolute Gasteiger partial charge is 0.502 e. The number of aromatic nitrogens is 1. The third kappa shape index (κ3) is 3.36. The number of fused-ring (bicyclic) bond motifs is 1. The molecule has 32 heavy (non-hydrogen) atoms. The molecule has 0 unspecified atom stereocenters. The van der Waals surface area contributed by atoms with E-state index in [2.05, 4.69) is 5.32 Å². The van der Waals surface area contributed by atoms with Gasteiger partial charge in [0, 0.05) is 34.8 Å². The van der Waals surface area contributed by atoms with Gasteiger partial charge in [0.05, 0.1) is 25.6 Å². The summed E-state index contributed by atoms with van der Waals surface area (Å²) in [4.78, 5) is 24.5. The summed E-state index contributed by atoms with van der Waals surface area (Å²) >= 11 is 6.15. The highest BCUT2D eigenvalue weighted by atomic mass is 35.5. The number of carboxylic acid groups (broad SMARTS) is 1. The van der Waals surface area contributed by atoms with Gasteiger partial charge >= 0.3 is 5.97 Å². The number of carboxylic acids is 1. The van der Waals surface area contributed by atoms with Crippen LogP contribution in [-0.2, 0) is 4.79 Å². The second kappa shape index (κ2) is 8.01. The van der Waals surface area contributed by atoms with Crippen LogP contribution in [0, 0.1) is 0 Å². The third-order valence-electron chi connectivity index (χ3n) is 5.37. The van der Waals surface area contributed by atoms with Crippen LogP contribution in [0.15, 0.2) is 36.5 Å². The second-order valence-electron chi connectivity index (χ2n) is 7.16. The van der Waals surface area contributed by atoms with Gasteiger partial charge in [0.25, 0.3) is 0 Å². The second-order valence-corrected chi connectivity index (χ2v) is 7.60. The van der Waals surface area contributed by atoms with Gasteiger partial charge in [0.1, 0.15) is 5.56 Å². The number of nitrogens with zero attached hydrogens (tertiary/aromatic N) is 1. The van der Waals surface area contributed by atoms with E-state index in [1.54, 1.807) is 28.8 Å². The minimum Gasteiger partial charge on any atom is -0.502 e. The van der Waals surface area contributed by atoms with Crippen LogP contribution in [-0.4, -0.2) is 46.0 Å². The molecule has 0 aliphatic carbocycles. The number of carbonyl (C=O) groups is 2. The normalized spacial score (nSPS) is 15.1. The summed E-state index contributed by atoms with van der Waals surface area (Å²) in [6.07, 6.45) is 1.33. The molecular formula is C22H19ClN2O7. The van der Waals surface area contributed by atoms with E-state index in [-0.39, 0.29) is 29.2 Å². The number of rotatable bonds is 5. The number of benzene rings is 2. The van der Waals surface area contributed by atoms with Crippen LogP contribution < -0.4 is 14.8 Å². The van der Waals surface area contributed by atoms with Gasteiger partial charge in [0.2, 0.25) is 17.4 Å².